The van der Waals surface area contributed by atoms with Crippen LogP contribution in [0.15, 0.2) is 0 Å². The molecule has 1 fully saturated rings. The molecule has 2 unspecified atom stereocenters. The molecule has 3 N–H and O–H groups in total. The van der Waals surface area contributed by atoms with E-state index < -0.39 is 0 Å². The lowest BCUT2D eigenvalue weighted by atomic mass is 10.0. The number of carbonyl (C=O) groups is 1. The number of amides is 1. The minimum absolute atomic E-state index is 0.129. The number of unbranched alkanes of at least 4 members (excludes halogenated alkanes) is 2. The smallest absolute Gasteiger partial charge is 0.220 e. The zero-order chi connectivity index (χ0) is 12.5. The quantitative estimate of drug-likeness (QED) is 0.435. The van der Waals surface area contributed by atoms with Gasteiger partial charge in [-0.2, -0.15) is 0 Å². The summed E-state index contributed by atoms with van der Waals surface area (Å²) in [6.07, 6.45) is 14.0. The summed E-state index contributed by atoms with van der Waals surface area (Å²) in [5, 5.41) is 3.07. The monoisotopic (exact) mass is 236 g/mol. The van der Waals surface area contributed by atoms with Crippen LogP contribution in [-0.2, 0) is 4.79 Å². The number of nitrogens with one attached hydrogen (secondary N) is 1. The molecule has 0 bridgehead atoms. The maximum absolute atomic E-state index is 11.7. The van der Waals surface area contributed by atoms with Crippen LogP contribution in [-0.4, -0.2) is 18.0 Å². The number of nitrogens with two attached hydrogens (primary N) is 1. The average Bonchev–Trinajstić information content (AvgIpc) is 2.51. The Morgan fingerprint density at radius 2 is 2.06 bits per heavy atom. The molecule has 3 nitrogen and oxygen atoms in total. The topological polar surface area (TPSA) is 55.1 Å². The molecule has 96 valence electrons. The Labute approximate surface area is 105 Å². The van der Waals surface area contributed by atoms with Gasteiger partial charge in [-0.3, -0.25) is 4.79 Å². The Kier molecular flexibility index (Phi) is 6.73. The van der Waals surface area contributed by atoms with E-state index in [0.29, 0.717) is 6.42 Å². The highest BCUT2D eigenvalue weighted by Crippen LogP contribution is 2.16. The Bertz CT molecular complexity index is 270. The molecule has 2 atom stereocenters. The van der Waals surface area contributed by atoms with E-state index in [1.807, 2.05) is 0 Å². The fraction of sp³-hybridized carbons (Fsp3) is 0.786. The second-order valence-corrected chi connectivity index (χ2v) is 4.89. The van der Waals surface area contributed by atoms with Crippen molar-refractivity contribution in [1.82, 2.24) is 5.32 Å². The van der Waals surface area contributed by atoms with Gasteiger partial charge < -0.3 is 11.1 Å². The normalized spacial score (nSPS) is 24.7. The van der Waals surface area contributed by atoms with Gasteiger partial charge in [0.25, 0.3) is 0 Å². The molecule has 0 heterocycles. The second-order valence-electron chi connectivity index (χ2n) is 4.89. The molecule has 0 aromatic carbocycles. The molecule has 0 aromatic rings. The fourth-order valence-corrected chi connectivity index (χ4v) is 2.31. The number of hydrogen-bond acceptors (Lipinski definition) is 2. The Morgan fingerprint density at radius 3 is 2.82 bits per heavy atom. The maximum atomic E-state index is 11.7. The first-order valence-electron chi connectivity index (χ1n) is 6.72. The van der Waals surface area contributed by atoms with Crippen molar-refractivity contribution in [3.05, 3.63) is 0 Å². The summed E-state index contributed by atoms with van der Waals surface area (Å²) in [5.74, 6) is 2.72. The van der Waals surface area contributed by atoms with Gasteiger partial charge in [0.05, 0.1) is 0 Å². The van der Waals surface area contributed by atoms with Gasteiger partial charge in [0, 0.05) is 24.9 Å². The number of terminal acetylenes is 1. The van der Waals surface area contributed by atoms with E-state index in [0.717, 1.165) is 32.1 Å². The van der Waals surface area contributed by atoms with Gasteiger partial charge in [-0.1, -0.05) is 19.3 Å². The van der Waals surface area contributed by atoms with Crippen LogP contribution in [0.25, 0.3) is 0 Å². The van der Waals surface area contributed by atoms with Gasteiger partial charge in [-0.05, 0) is 25.7 Å². The van der Waals surface area contributed by atoms with Gasteiger partial charge in [0.2, 0.25) is 5.91 Å². The summed E-state index contributed by atoms with van der Waals surface area (Å²) in [7, 11) is 0. The molecule has 1 rings (SSSR count). The minimum Gasteiger partial charge on any atom is -0.352 e. The van der Waals surface area contributed by atoms with Gasteiger partial charge in [-0.15, -0.1) is 12.3 Å². The summed E-state index contributed by atoms with van der Waals surface area (Å²) in [4.78, 5) is 11.7. The average molecular weight is 236 g/mol. The van der Waals surface area contributed by atoms with E-state index in [4.69, 9.17) is 12.2 Å². The zero-order valence-corrected chi connectivity index (χ0v) is 10.6. The third-order valence-electron chi connectivity index (χ3n) is 3.39. The minimum atomic E-state index is 0.129. The van der Waals surface area contributed by atoms with Gasteiger partial charge in [0.15, 0.2) is 0 Å². The lowest BCUT2D eigenvalue weighted by Gasteiger charge is -2.22. The molecule has 0 aliphatic heterocycles. The van der Waals surface area contributed by atoms with Crippen LogP contribution in [0.2, 0.25) is 0 Å². The van der Waals surface area contributed by atoms with Crippen molar-refractivity contribution in [2.45, 2.75) is 69.9 Å². The summed E-state index contributed by atoms with van der Waals surface area (Å²) < 4.78 is 0. The lowest BCUT2D eigenvalue weighted by molar-refractivity contribution is -0.122. The van der Waals surface area contributed by atoms with E-state index in [-0.39, 0.29) is 18.0 Å². The highest BCUT2D eigenvalue weighted by Gasteiger charge is 2.21. The Morgan fingerprint density at radius 1 is 1.29 bits per heavy atom. The SMILES string of the molecule is C#CCCCCC(=O)NC1CCCCCC1N. The van der Waals surface area contributed by atoms with Crippen molar-refractivity contribution in [2.75, 3.05) is 0 Å². The van der Waals surface area contributed by atoms with Crippen LogP contribution >= 0.6 is 0 Å². The van der Waals surface area contributed by atoms with E-state index in [9.17, 15) is 4.79 Å². The van der Waals surface area contributed by atoms with E-state index in [1.54, 1.807) is 0 Å². The molecule has 1 aliphatic rings. The third-order valence-corrected chi connectivity index (χ3v) is 3.39. The summed E-state index contributed by atoms with van der Waals surface area (Å²) in [5.41, 5.74) is 6.06. The van der Waals surface area contributed by atoms with Gasteiger partial charge >= 0.3 is 0 Å². The van der Waals surface area contributed by atoms with Gasteiger partial charge in [-0.25, -0.2) is 0 Å². The summed E-state index contributed by atoms with van der Waals surface area (Å²) in [6.45, 7) is 0. The molecular weight excluding hydrogens is 212 g/mol. The molecule has 1 saturated carbocycles. The van der Waals surface area contributed by atoms with Crippen LogP contribution < -0.4 is 11.1 Å². The lowest BCUT2D eigenvalue weighted by Crippen LogP contribution is -2.46. The molecule has 0 aromatic heterocycles. The third kappa shape index (κ3) is 5.74. The van der Waals surface area contributed by atoms with E-state index in [2.05, 4.69) is 11.2 Å². The second kappa shape index (κ2) is 8.14. The Hall–Kier alpha value is -1.01. The zero-order valence-electron chi connectivity index (χ0n) is 10.6. The first-order valence-corrected chi connectivity index (χ1v) is 6.72. The van der Waals surface area contributed by atoms with Crippen LogP contribution in [0.5, 0.6) is 0 Å². The van der Waals surface area contributed by atoms with E-state index in [1.165, 1.54) is 19.3 Å². The largest absolute Gasteiger partial charge is 0.352 e. The standard InChI is InChI=1S/C14H24N2O/c1-2-3-4-8-11-14(17)16-13-10-7-5-6-9-12(13)15/h1,12-13H,3-11,15H2,(H,16,17). The molecule has 0 saturated heterocycles. The van der Waals surface area contributed by atoms with Crippen molar-refractivity contribution in [1.29, 1.82) is 0 Å². The molecule has 1 aliphatic carbocycles. The predicted molar refractivity (Wildman–Crippen MR) is 70.3 cm³/mol. The number of carbonyl (C=O) groups excluding carboxylic acids is 1. The molecule has 0 spiro atoms. The van der Waals surface area contributed by atoms with Crippen molar-refractivity contribution < 1.29 is 4.79 Å². The first kappa shape index (κ1) is 14.1. The van der Waals surface area contributed by atoms with Crippen LogP contribution in [0, 0.1) is 12.3 Å². The van der Waals surface area contributed by atoms with Crippen molar-refractivity contribution in [3.63, 3.8) is 0 Å². The molecule has 17 heavy (non-hydrogen) atoms. The van der Waals surface area contributed by atoms with Gasteiger partial charge in [0.1, 0.15) is 0 Å². The molecule has 3 heteroatoms. The Balaban J connectivity index is 2.22. The van der Waals surface area contributed by atoms with Crippen LogP contribution in [0.1, 0.15) is 57.8 Å². The fourth-order valence-electron chi connectivity index (χ4n) is 2.31. The maximum Gasteiger partial charge on any atom is 0.220 e. The van der Waals surface area contributed by atoms with Crippen LogP contribution in [0.4, 0.5) is 0 Å². The summed E-state index contributed by atoms with van der Waals surface area (Å²) in [6, 6.07) is 0.310. The first-order chi connectivity index (χ1) is 8.24. The number of hydrogen-bond donors (Lipinski definition) is 2. The van der Waals surface area contributed by atoms with E-state index >= 15 is 0 Å². The van der Waals surface area contributed by atoms with Crippen LogP contribution in [0.3, 0.4) is 0 Å². The molecular formula is C14H24N2O. The molecule has 0 radical (unpaired) electrons. The molecule has 1 amide bonds. The van der Waals surface area contributed by atoms with Crippen molar-refractivity contribution in [2.24, 2.45) is 5.73 Å². The van der Waals surface area contributed by atoms with Crippen molar-refractivity contribution in [3.8, 4) is 12.3 Å². The highest BCUT2D eigenvalue weighted by atomic mass is 16.1. The predicted octanol–water partition coefficient (Wildman–Crippen LogP) is 1.96. The summed E-state index contributed by atoms with van der Waals surface area (Å²) >= 11 is 0. The number of rotatable bonds is 5. The highest BCUT2D eigenvalue weighted by molar-refractivity contribution is 5.76. The van der Waals surface area contributed by atoms with Crippen molar-refractivity contribution >= 4 is 5.91 Å².